The molecule has 3 heterocycles. The van der Waals surface area contributed by atoms with Gasteiger partial charge in [-0.25, -0.2) is 4.98 Å². The summed E-state index contributed by atoms with van der Waals surface area (Å²) >= 11 is 1.28. The molecule has 2 aromatic rings. The van der Waals surface area contributed by atoms with E-state index >= 15 is 0 Å². The van der Waals surface area contributed by atoms with Gasteiger partial charge in [0.1, 0.15) is 5.75 Å². The molecular weight excluding hydrogens is 454 g/mol. The van der Waals surface area contributed by atoms with Crippen LogP contribution in [0.4, 0.5) is 0 Å². The van der Waals surface area contributed by atoms with Crippen LogP contribution in [0, 0.1) is 13.8 Å². The van der Waals surface area contributed by atoms with Crippen LogP contribution in [0.15, 0.2) is 35.6 Å². The number of ketones is 1. The number of nitrogens with zero attached hydrogens (tertiary/aromatic N) is 3. The Hall–Kier alpha value is -2.75. The van der Waals surface area contributed by atoms with Crippen molar-refractivity contribution >= 4 is 23.0 Å². The number of ether oxygens (including phenoxy) is 2. The molecule has 8 nitrogen and oxygen atoms in total. The monoisotopic (exact) mass is 485 g/mol. The molecule has 2 aliphatic heterocycles. The maximum atomic E-state index is 13.6. The first-order chi connectivity index (χ1) is 16.4. The number of Topliss-reactive ketones (excluding diaryl/α,β-unsaturated/α-hetero) is 1. The Bertz CT molecular complexity index is 1090. The highest BCUT2D eigenvalue weighted by Crippen LogP contribution is 2.41. The fourth-order valence-electron chi connectivity index (χ4n) is 4.56. The van der Waals surface area contributed by atoms with Gasteiger partial charge in [-0.05, 0) is 44.9 Å². The molecule has 0 spiro atoms. The van der Waals surface area contributed by atoms with E-state index in [1.165, 1.54) is 11.3 Å². The van der Waals surface area contributed by atoms with Gasteiger partial charge in [-0.2, -0.15) is 0 Å². The van der Waals surface area contributed by atoms with Crippen LogP contribution in [0.2, 0.25) is 0 Å². The number of aryl methyl sites for hydroxylation is 2. The number of aliphatic hydroxyl groups excluding tert-OH is 1. The number of carbonyl (C=O) groups is 2. The van der Waals surface area contributed by atoms with Crippen LogP contribution < -0.4 is 4.74 Å². The maximum absolute atomic E-state index is 13.6. The highest BCUT2D eigenvalue weighted by molar-refractivity contribution is 7.14. The van der Waals surface area contributed by atoms with E-state index in [0.717, 1.165) is 36.6 Å². The van der Waals surface area contributed by atoms with E-state index in [1.807, 2.05) is 38.1 Å². The fraction of sp³-hybridized carbons (Fsp3) is 0.480. The van der Waals surface area contributed by atoms with Crippen molar-refractivity contribution in [1.82, 2.24) is 14.8 Å². The number of carbonyl (C=O) groups excluding carboxylic acids is 2. The van der Waals surface area contributed by atoms with Gasteiger partial charge < -0.3 is 19.5 Å². The van der Waals surface area contributed by atoms with E-state index in [4.69, 9.17) is 9.47 Å². The summed E-state index contributed by atoms with van der Waals surface area (Å²) in [5.74, 6) is -0.690. The van der Waals surface area contributed by atoms with Gasteiger partial charge in [0.15, 0.2) is 5.76 Å². The zero-order chi connectivity index (χ0) is 24.2. The molecule has 0 radical (unpaired) electrons. The predicted octanol–water partition coefficient (Wildman–Crippen LogP) is 3.46. The van der Waals surface area contributed by atoms with Crippen LogP contribution in [0.25, 0.3) is 0 Å². The number of benzene rings is 1. The third kappa shape index (κ3) is 5.01. The Morgan fingerprint density at radius 1 is 1.26 bits per heavy atom. The molecule has 1 amide bonds. The Morgan fingerprint density at radius 2 is 2.03 bits per heavy atom. The molecular formula is C25H31N3O5S. The standard InChI is InChI=1S/C25H31N3O5S/c1-4-33-19-8-5-7-18(15-19)21-20(22(29)24-16(2)26-17(3)34-24)23(30)25(31)28(21)10-6-9-27-11-13-32-14-12-27/h5,7-8,15,21,30H,4,6,9-14H2,1-3H3. The summed E-state index contributed by atoms with van der Waals surface area (Å²) in [6.45, 7) is 10.4. The summed E-state index contributed by atoms with van der Waals surface area (Å²) in [7, 11) is 0. The van der Waals surface area contributed by atoms with Crippen LogP contribution in [-0.2, 0) is 9.53 Å². The molecule has 1 N–H and O–H groups in total. The van der Waals surface area contributed by atoms with Crippen molar-refractivity contribution in [2.24, 2.45) is 0 Å². The molecule has 2 aliphatic rings. The summed E-state index contributed by atoms with van der Waals surface area (Å²) in [6, 6.07) is 6.70. The van der Waals surface area contributed by atoms with E-state index in [1.54, 1.807) is 11.8 Å². The number of amides is 1. The lowest BCUT2D eigenvalue weighted by Crippen LogP contribution is -2.39. The highest BCUT2D eigenvalue weighted by atomic mass is 32.1. The summed E-state index contributed by atoms with van der Waals surface area (Å²) in [4.78, 5) is 35.6. The molecule has 1 unspecified atom stereocenters. The topological polar surface area (TPSA) is 92.2 Å². The largest absolute Gasteiger partial charge is 0.503 e. The van der Waals surface area contributed by atoms with Gasteiger partial charge in [-0.1, -0.05) is 12.1 Å². The molecule has 182 valence electrons. The number of thiazole rings is 1. The minimum Gasteiger partial charge on any atom is -0.503 e. The normalized spacial score (nSPS) is 19.2. The second-order valence-electron chi connectivity index (χ2n) is 8.45. The molecule has 1 aromatic carbocycles. The quantitative estimate of drug-likeness (QED) is 0.544. The molecule has 4 rings (SSSR count). The maximum Gasteiger partial charge on any atom is 0.290 e. The SMILES string of the molecule is CCOc1cccc(C2C(C(=O)c3sc(C)nc3C)=C(O)C(=O)N2CCCN2CCOCC2)c1. The van der Waals surface area contributed by atoms with Crippen molar-refractivity contribution < 1.29 is 24.2 Å². The Morgan fingerprint density at radius 3 is 2.71 bits per heavy atom. The lowest BCUT2D eigenvalue weighted by Gasteiger charge is -2.30. The van der Waals surface area contributed by atoms with Crippen LogP contribution in [0.3, 0.4) is 0 Å². The highest BCUT2D eigenvalue weighted by Gasteiger charge is 2.44. The van der Waals surface area contributed by atoms with Gasteiger partial charge in [-0.3, -0.25) is 14.5 Å². The Labute approximate surface area is 203 Å². The van der Waals surface area contributed by atoms with E-state index in [0.29, 0.717) is 42.7 Å². The zero-order valence-corrected chi connectivity index (χ0v) is 20.7. The molecule has 1 fully saturated rings. The van der Waals surface area contributed by atoms with Gasteiger partial charge in [0.25, 0.3) is 5.91 Å². The summed E-state index contributed by atoms with van der Waals surface area (Å²) in [5, 5.41) is 11.7. The first-order valence-electron chi connectivity index (χ1n) is 11.7. The average Bonchev–Trinajstić information content (AvgIpc) is 3.30. The van der Waals surface area contributed by atoms with Crippen molar-refractivity contribution in [3.05, 3.63) is 56.7 Å². The molecule has 9 heteroatoms. The lowest BCUT2D eigenvalue weighted by molar-refractivity contribution is -0.129. The minimum absolute atomic E-state index is 0.108. The molecule has 0 saturated carbocycles. The number of aliphatic hydroxyl groups is 1. The van der Waals surface area contributed by atoms with Crippen molar-refractivity contribution in [3.63, 3.8) is 0 Å². The van der Waals surface area contributed by atoms with Gasteiger partial charge in [0.05, 0.1) is 47.0 Å². The van der Waals surface area contributed by atoms with Crippen molar-refractivity contribution in [1.29, 1.82) is 0 Å². The van der Waals surface area contributed by atoms with E-state index < -0.39 is 17.7 Å². The van der Waals surface area contributed by atoms with Crippen LogP contribution in [0.1, 0.15) is 45.3 Å². The van der Waals surface area contributed by atoms with Crippen molar-refractivity contribution in [2.75, 3.05) is 46.0 Å². The number of hydrogen-bond acceptors (Lipinski definition) is 8. The molecule has 34 heavy (non-hydrogen) atoms. The molecule has 0 bridgehead atoms. The first-order valence-corrected chi connectivity index (χ1v) is 12.5. The second kappa shape index (κ2) is 10.7. The van der Waals surface area contributed by atoms with E-state index in [2.05, 4.69) is 9.88 Å². The van der Waals surface area contributed by atoms with Gasteiger partial charge in [-0.15, -0.1) is 11.3 Å². The number of aromatic nitrogens is 1. The summed E-state index contributed by atoms with van der Waals surface area (Å²) < 4.78 is 11.1. The first kappa shape index (κ1) is 24.4. The fourth-order valence-corrected chi connectivity index (χ4v) is 5.43. The van der Waals surface area contributed by atoms with Crippen molar-refractivity contribution in [2.45, 2.75) is 33.2 Å². The summed E-state index contributed by atoms with van der Waals surface area (Å²) in [6.07, 6.45) is 0.723. The predicted molar refractivity (Wildman–Crippen MR) is 130 cm³/mol. The second-order valence-corrected chi connectivity index (χ2v) is 9.66. The summed E-state index contributed by atoms with van der Waals surface area (Å²) in [5.41, 5.74) is 1.45. The Kier molecular flexibility index (Phi) is 7.65. The van der Waals surface area contributed by atoms with Crippen LogP contribution >= 0.6 is 11.3 Å². The lowest BCUT2D eigenvalue weighted by atomic mass is 9.95. The Balaban J connectivity index is 1.65. The van der Waals surface area contributed by atoms with Gasteiger partial charge in [0.2, 0.25) is 5.78 Å². The molecule has 0 aliphatic carbocycles. The number of morpholine rings is 1. The average molecular weight is 486 g/mol. The van der Waals surface area contributed by atoms with Crippen LogP contribution in [0.5, 0.6) is 5.75 Å². The van der Waals surface area contributed by atoms with Gasteiger partial charge >= 0.3 is 0 Å². The smallest absolute Gasteiger partial charge is 0.290 e. The third-order valence-electron chi connectivity index (χ3n) is 6.12. The number of hydrogen-bond donors (Lipinski definition) is 1. The number of rotatable bonds is 9. The zero-order valence-electron chi connectivity index (χ0n) is 19.9. The molecule has 1 atom stereocenters. The van der Waals surface area contributed by atoms with E-state index in [9.17, 15) is 14.7 Å². The minimum atomic E-state index is -0.688. The van der Waals surface area contributed by atoms with Crippen molar-refractivity contribution in [3.8, 4) is 5.75 Å². The van der Waals surface area contributed by atoms with E-state index in [-0.39, 0.29) is 11.4 Å². The molecule has 1 saturated heterocycles. The molecule has 1 aromatic heterocycles. The van der Waals surface area contributed by atoms with Gasteiger partial charge in [0, 0.05) is 26.2 Å². The van der Waals surface area contributed by atoms with Crippen LogP contribution in [-0.4, -0.2) is 77.6 Å². The third-order valence-corrected chi connectivity index (χ3v) is 7.19.